The Labute approximate surface area is 111 Å². The van der Waals surface area contributed by atoms with Crippen molar-refractivity contribution in [2.75, 3.05) is 13.7 Å². The van der Waals surface area contributed by atoms with Crippen molar-refractivity contribution in [1.82, 2.24) is 15.3 Å². The lowest BCUT2D eigenvalue weighted by Gasteiger charge is -2.10. The molecule has 0 saturated carbocycles. The van der Waals surface area contributed by atoms with E-state index in [9.17, 15) is 0 Å². The highest BCUT2D eigenvalue weighted by Gasteiger charge is 2.06. The number of nitrogens with zero attached hydrogens (tertiary/aromatic N) is 2. The standard InChI is InChI=1S/C13H17N3OS/c1-10(9-17-2)15-7-12-8-16-13(18-12)11-4-3-5-14-6-11/h3-6,8,10,15H,7,9H2,1-2H3. The fraction of sp³-hybridized carbons (Fsp3) is 0.385. The molecule has 5 heteroatoms. The Kier molecular flexibility index (Phi) is 4.81. The average molecular weight is 263 g/mol. The van der Waals surface area contributed by atoms with E-state index in [2.05, 4.69) is 22.2 Å². The van der Waals surface area contributed by atoms with Crippen LogP contribution >= 0.6 is 11.3 Å². The molecule has 96 valence electrons. The van der Waals surface area contributed by atoms with E-state index in [1.807, 2.05) is 24.5 Å². The summed E-state index contributed by atoms with van der Waals surface area (Å²) in [5.41, 5.74) is 1.07. The highest BCUT2D eigenvalue weighted by atomic mass is 32.1. The van der Waals surface area contributed by atoms with Crippen molar-refractivity contribution >= 4 is 11.3 Å². The molecule has 18 heavy (non-hydrogen) atoms. The molecule has 0 aromatic carbocycles. The third-order valence-corrected chi connectivity index (χ3v) is 3.55. The molecule has 0 spiro atoms. The minimum absolute atomic E-state index is 0.346. The van der Waals surface area contributed by atoms with Crippen LogP contribution in [-0.2, 0) is 11.3 Å². The molecule has 2 heterocycles. The third-order valence-electron chi connectivity index (χ3n) is 2.50. The number of pyridine rings is 1. The van der Waals surface area contributed by atoms with Gasteiger partial charge in [-0.25, -0.2) is 4.98 Å². The monoisotopic (exact) mass is 263 g/mol. The Morgan fingerprint density at radius 2 is 2.33 bits per heavy atom. The SMILES string of the molecule is COCC(C)NCc1cnc(-c2cccnc2)s1. The number of thiazole rings is 1. The van der Waals surface area contributed by atoms with Gasteiger partial charge in [0, 0.05) is 48.7 Å². The number of aromatic nitrogens is 2. The maximum absolute atomic E-state index is 5.08. The molecule has 0 bridgehead atoms. The van der Waals surface area contributed by atoms with Crippen LogP contribution in [0.3, 0.4) is 0 Å². The molecule has 0 aliphatic heterocycles. The normalized spacial score (nSPS) is 12.6. The first-order valence-electron chi connectivity index (χ1n) is 5.87. The van der Waals surface area contributed by atoms with Crippen molar-refractivity contribution in [3.63, 3.8) is 0 Å². The summed E-state index contributed by atoms with van der Waals surface area (Å²) in [5.74, 6) is 0. The lowest BCUT2D eigenvalue weighted by molar-refractivity contribution is 0.172. The second kappa shape index (κ2) is 6.58. The highest BCUT2D eigenvalue weighted by Crippen LogP contribution is 2.23. The van der Waals surface area contributed by atoms with Crippen LogP contribution in [-0.4, -0.2) is 29.7 Å². The van der Waals surface area contributed by atoms with Gasteiger partial charge >= 0.3 is 0 Å². The fourth-order valence-electron chi connectivity index (χ4n) is 1.60. The van der Waals surface area contributed by atoms with Crippen LogP contribution in [0.2, 0.25) is 0 Å². The second-order valence-corrected chi connectivity index (χ2v) is 5.23. The lowest BCUT2D eigenvalue weighted by atomic mass is 10.3. The number of ether oxygens (including phenoxy) is 1. The molecule has 2 rings (SSSR count). The molecule has 0 saturated heterocycles. The molecule has 2 aromatic rings. The van der Waals surface area contributed by atoms with Gasteiger partial charge in [0.15, 0.2) is 0 Å². The number of nitrogens with one attached hydrogen (secondary N) is 1. The Morgan fingerprint density at radius 3 is 3.06 bits per heavy atom. The van der Waals surface area contributed by atoms with Gasteiger partial charge in [0.1, 0.15) is 5.01 Å². The van der Waals surface area contributed by atoms with E-state index in [4.69, 9.17) is 4.74 Å². The Morgan fingerprint density at radius 1 is 1.44 bits per heavy atom. The zero-order chi connectivity index (χ0) is 12.8. The molecule has 1 N–H and O–H groups in total. The van der Waals surface area contributed by atoms with E-state index in [1.165, 1.54) is 4.88 Å². The van der Waals surface area contributed by atoms with Crippen LogP contribution in [0.1, 0.15) is 11.8 Å². The quantitative estimate of drug-likeness (QED) is 0.869. The summed E-state index contributed by atoms with van der Waals surface area (Å²) in [6.07, 6.45) is 5.52. The summed E-state index contributed by atoms with van der Waals surface area (Å²) in [5, 5.41) is 4.41. The van der Waals surface area contributed by atoms with E-state index >= 15 is 0 Å². The van der Waals surface area contributed by atoms with Gasteiger partial charge in [0.05, 0.1) is 6.61 Å². The third kappa shape index (κ3) is 3.60. The number of rotatable bonds is 6. The molecule has 0 aliphatic carbocycles. The smallest absolute Gasteiger partial charge is 0.125 e. The maximum atomic E-state index is 5.08. The van der Waals surface area contributed by atoms with Crippen molar-refractivity contribution in [1.29, 1.82) is 0 Å². The predicted octanol–water partition coefficient (Wildman–Crippen LogP) is 2.33. The molecular weight excluding hydrogens is 246 g/mol. The first kappa shape index (κ1) is 13.1. The highest BCUT2D eigenvalue weighted by molar-refractivity contribution is 7.15. The number of hydrogen-bond acceptors (Lipinski definition) is 5. The second-order valence-electron chi connectivity index (χ2n) is 4.11. The predicted molar refractivity (Wildman–Crippen MR) is 73.5 cm³/mol. The van der Waals surface area contributed by atoms with Gasteiger partial charge in [-0.05, 0) is 19.1 Å². The van der Waals surface area contributed by atoms with Crippen LogP contribution in [0.25, 0.3) is 10.6 Å². The molecule has 0 aliphatic rings. The first-order chi connectivity index (χ1) is 8.79. The lowest BCUT2D eigenvalue weighted by Crippen LogP contribution is -2.29. The van der Waals surface area contributed by atoms with Crippen LogP contribution in [0.4, 0.5) is 0 Å². The van der Waals surface area contributed by atoms with Gasteiger partial charge in [-0.2, -0.15) is 0 Å². The zero-order valence-corrected chi connectivity index (χ0v) is 11.4. The minimum atomic E-state index is 0.346. The van der Waals surface area contributed by atoms with Crippen LogP contribution in [0.15, 0.2) is 30.7 Å². The van der Waals surface area contributed by atoms with Crippen molar-refractivity contribution in [2.45, 2.75) is 19.5 Å². The van der Waals surface area contributed by atoms with Crippen molar-refractivity contribution in [3.8, 4) is 10.6 Å². The summed E-state index contributed by atoms with van der Waals surface area (Å²) in [6.45, 7) is 3.64. The number of methoxy groups -OCH3 is 1. The minimum Gasteiger partial charge on any atom is -0.383 e. The molecule has 0 fully saturated rings. The summed E-state index contributed by atoms with van der Waals surface area (Å²) < 4.78 is 5.08. The van der Waals surface area contributed by atoms with Gasteiger partial charge in [-0.1, -0.05) is 0 Å². The van der Waals surface area contributed by atoms with Crippen LogP contribution in [0.5, 0.6) is 0 Å². The molecule has 0 amide bonds. The van der Waals surface area contributed by atoms with Gasteiger partial charge in [0.25, 0.3) is 0 Å². The van der Waals surface area contributed by atoms with Crippen LogP contribution < -0.4 is 5.32 Å². The van der Waals surface area contributed by atoms with E-state index in [0.29, 0.717) is 12.6 Å². The molecule has 1 atom stereocenters. The topological polar surface area (TPSA) is 47.0 Å². The Hall–Kier alpha value is -1.30. The van der Waals surface area contributed by atoms with Crippen molar-refractivity contribution in [2.24, 2.45) is 0 Å². The van der Waals surface area contributed by atoms with E-state index < -0.39 is 0 Å². The fourth-order valence-corrected chi connectivity index (χ4v) is 2.45. The van der Waals surface area contributed by atoms with Crippen LogP contribution in [0, 0.1) is 0 Å². The van der Waals surface area contributed by atoms with E-state index in [1.54, 1.807) is 24.6 Å². The van der Waals surface area contributed by atoms with Crippen molar-refractivity contribution in [3.05, 3.63) is 35.6 Å². The molecule has 1 unspecified atom stereocenters. The van der Waals surface area contributed by atoms with Gasteiger partial charge < -0.3 is 10.1 Å². The van der Waals surface area contributed by atoms with Gasteiger partial charge in [-0.3, -0.25) is 4.98 Å². The summed E-state index contributed by atoms with van der Waals surface area (Å²) >= 11 is 1.69. The summed E-state index contributed by atoms with van der Waals surface area (Å²) in [7, 11) is 1.71. The van der Waals surface area contributed by atoms with E-state index in [-0.39, 0.29) is 0 Å². The summed E-state index contributed by atoms with van der Waals surface area (Å²) in [4.78, 5) is 9.74. The largest absolute Gasteiger partial charge is 0.383 e. The first-order valence-corrected chi connectivity index (χ1v) is 6.68. The zero-order valence-electron chi connectivity index (χ0n) is 10.6. The van der Waals surface area contributed by atoms with E-state index in [0.717, 1.165) is 17.1 Å². The summed E-state index contributed by atoms with van der Waals surface area (Å²) in [6, 6.07) is 4.30. The van der Waals surface area contributed by atoms with Crippen molar-refractivity contribution < 1.29 is 4.74 Å². The molecule has 2 aromatic heterocycles. The van der Waals surface area contributed by atoms with Gasteiger partial charge in [0.2, 0.25) is 0 Å². The number of hydrogen-bond donors (Lipinski definition) is 1. The molecule has 0 radical (unpaired) electrons. The Bertz CT molecular complexity index is 472. The Balaban J connectivity index is 1.95. The molecule has 4 nitrogen and oxygen atoms in total. The average Bonchev–Trinajstić information content (AvgIpc) is 2.87. The maximum Gasteiger partial charge on any atom is 0.125 e. The van der Waals surface area contributed by atoms with Gasteiger partial charge in [-0.15, -0.1) is 11.3 Å². The molecular formula is C13H17N3OS.